The third-order valence-corrected chi connectivity index (χ3v) is 4.11. The largest absolute Gasteiger partial charge is 0.309 e. The average molecular weight is 241 g/mol. The number of aromatic nitrogens is 2. The Bertz CT molecular complexity index is 571. The molecule has 0 aliphatic carbocycles. The molecule has 2 aromatic rings. The van der Waals surface area contributed by atoms with Gasteiger partial charge < -0.3 is 5.32 Å². The minimum atomic E-state index is 0.422. The fourth-order valence-electron chi connectivity index (χ4n) is 2.87. The van der Waals surface area contributed by atoms with Crippen molar-refractivity contribution in [1.82, 2.24) is 15.1 Å². The van der Waals surface area contributed by atoms with Gasteiger partial charge in [-0.3, -0.25) is 4.68 Å². The fourth-order valence-corrected chi connectivity index (χ4v) is 2.87. The minimum Gasteiger partial charge on any atom is -0.309 e. The Morgan fingerprint density at radius 1 is 1.22 bits per heavy atom. The maximum Gasteiger partial charge on any atom is 0.0531 e. The van der Waals surface area contributed by atoms with Crippen molar-refractivity contribution in [3.05, 3.63) is 52.8 Å². The molecule has 2 heterocycles. The van der Waals surface area contributed by atoms with E-state index in [2.05, 4.69) is 48.5 Å². The van der Waals surface area contributed by atoms with Crippen molar-refractivity contribution in [2.24, 2.45) is 7.05 Å². The van der Waals surface area contributed by atoms with Gasteiger partial charge in [0.1, 0.15) is 0 Å². The molecule has 0 saturated heterocycles. The number of nitrogens with one attached hydrogen (secondary N) is 1. The number of hydrogen-bond acceptors (Lipinski definition) is 2. The molecule has 94 valence electrons. The first-order valence-electron chi connectivity index (χ1n) is 6.49. The maximum absolute atomic E-state index is 4.37. The number of aryl methyl sites for hydroxylation is 1. The number of nitrogens with zero attached hydrogens (tertiary/aromatic N) is 2. The molecule has 1 aliphatic heterocycles. The van der Waals surface area contributed by atoms with E-state index in [4.69, 9.17) is 0 Å². The van der Waals surface area contributed by atoms with Crippen molar-refractivity contribution in [2.45, 2.75) is 25.8 Å². The highest BCUT2D eigenvalue weighted by Gasteiger charge is 2.27. The summed E-state index contributed by atoms with van der Waals surface area (Å²) < 4.78 is 1.95. The number of fused-ring (bicyclic) bond motifs is 1. The Morgan fingerprint density at radius 2 is 1.94 bits per heavy atom. The molecule has 3 heteroatoms. The molecule has 18 heavy (non-hydrogen) atoms. The van der Waals surface area contributed by atoms with Crippen molar-refractivity contribution in [1.29, 1.82) is 0 Å². The number of hydrogen-bond donors (Lipinski definition) is 1. The molecule has 0 spiro atoms. The quantitative estimate of drug-likeness (QED) is 0.831. The first-order valence-corrected chi connectivity index (χ1v) is 6.49. The molecule has 1 aliphatic rings. The second kappa shape index (κ2) is 4.25. The van der Waals surface area contributed by atoms with E-state index in [0.29, 0.717) is 12.0 Å². The van der Waals surface area contributed by atoms with E-state index in [0.717, 1.165) is 6.54 Å². The van der Waals surface area contributed by atoms with Crippen molar-refractivity contribution >= 4 is 0 Å². The molecule has 3 rings (SSSR count). The monoisotopic (exact) mass is 241 g/mol. The van der Waals surface area contributed by atoms with Crippen molar-refractivity contribution in [3.63, 3.8) is 0 Å². The Labute approximate surface area is 108 Å². The molecule has 0 bridgehead atoms. The predicted molar refractivity (Wildman–Crippen MR) is 72.6 cm³/mol. The van der Waals surface area contributed by atoms with E-state index >= 15 is 0 Å². The predicted octanol–water partition coefficient (Wildman–Crippen LogP) is 2.52. The molecule has 3 nitrogen and oxygen atoms in total. The lowest BCUT2D eigenvalue weighted by Crippen LogP contribution is -2.32. The van der Waals surface area contributed by atoms with Crippen molar-refractivity contribution in [2.75, 3.05) is 6.54 Å². The first kappa shape index (κ1) is 11.5. The molecule has 0 saturated carbocycles. The van der Waals surface area contributed by atoms with Crippen LogP contribution in [-0.2, 0) is 7.05 Å². The van der Waals surface area contributed by atoms with Crippen LogP contribution in [-0.4, -0.2) is 16.3 Å². The molecule has 1 N–H and O–H groups in total. The summed E-state index contributed by atoms with van der Waals surface area (Å²) in [5.41, 5.74) is 5.45. The fraction of sp³-hybridized carbons (Fsp3) is 0.400. The van der Waals surface area contributed by atoms with E-state index in [1.807, 2.05) is 17.9 Å². The highest BCUT2D eigenvalue weighted by Crippen LogP contribution is 2.35. The summed E-state index contributed by atoms with van der Waals surface area (Å²) in [5.74, 6) is 0.422. The standard InChI is InChI=1S/C15H19N3/c1-10-12-6-4-5-7-13(12)15(8-16-10)14-9-17-18(3)11(14)2/h4-7,9-10,15-16H,8H2,1-3H3/t10-,15-/m0/s1. The van der Waals surface area contributed by atoms with Crippen LogP contribution in [0, 0.1) is 6.92 Å². The average Bonchev–Trinajstić information content (AvgIpc) is 2.71. The van der Waals surface area contributed by atoms with E-state index in [-0.39, 0.29) is 0 Å². The highest BCUT2D eigenvalue weighted by atomic mass is 15.3. The number of rotatable bonds is 1. The smallest absolute Gasteiger partial charge is 0.0531 e. The van der Waals surface area contributed by atoms with Crippen LogP contribution >= 0.6 is 0 Å². The lowest BCUT2D eigenvalue weighted by atomic mass is 9.83. The van der Waals surface area contributed by atoms with Gasteiger partial charge in [0, 0.05) is 36.8 Å². The molecule has 1 aromatic heterocycles. The third kappa shape index (κ3) is 1.66. The van der Waals surface area contributed by atoms with Gasteiger partial charge in [0.2, 0.25) is 0 Å². The van der Waals surface area contributed by atoms with Gasteiger partial charge in [-0.05, 0) is 25.0 Å². The summed E-state index contributed by atoms with van der Waals surface area (Å²) in [5, 5.41) is 7.96. The van der Waals surface area contributed by atoms with Crippen molar-refractivity contribution < 1.29 is 0 Å². The molecular weight excluding hydrogens is 222 g/mol. The topological polar surface area (TPSA) is 29.9 Å². The summed E-state index contributed by atoms with van der Waals surface area (Å²) in [4.78, 5) is 0. The molecule has 1 aromatic carbocycles. The molecule has 0 radical (unpaired) electrons. The van der Waals surface area contributed by atoms with Crippen LogP contribution in [0.3, 0.4) is 0 Å². The van der Waals surface area contributed by atoms with Gasteiger partial charge >= 0.3 is 0 Å². The van der Waals surface area contributed by atoms with Crippen LogP contribution in [0.15, 0.2) is 30.5 Å². The SMILES string of the molecule is Cc1c([C@H]2CN[C@@H](C)c3ccccc32)cnn1C. The third-order valence-electron chi connectivity index (χ3n) is 4.11. The van der Waals surface area contributed by atoms with Crippen LogP contribution < -0.4 is 5.32 Å². The van der Waals surface area contributed by atoms with Gasteiger partial charge in [0.15, 0.2) is 0 Å². The zero-order valence-electron chi connectivity index (χ0n) is 11.1. The Balaban J connectivity index is 2.10. The van der Waals surface area contributed by atoms with Crippen LogP contribution in [0.4, 0.5) is 0 Å². The van der Waals surface area contributed by atoms with Gasteiger partial charge in [-0.2, -0.15) is 5.10 Å². The lowest BCUT2D eigenvalue weighted by molar-refractivity contribution is 0.507. The zero-order chi connectivity index (χ0) is 12.7. The molecule has 0 fully saturated rings. The molecular formula is C15H19N3. The van der Waals surface area contributed by atoms with E-state index in [9.17, 15) is 0 Å². The summed E-state index contributed by atoms with van der Waals surface area (Å²) in [6, 6.07) is 9.18. The van der Waals surface area contributed by atoms with E-state index in [1.54, 1.807) is 0 Å². The summed E-state index contributed by atoms with van der Waals surface area (Å²) in [7, 11) is 2.00. The van der Waals surface area contributed by atoms with Crippen molar-refractivity contribution in [3.8, 4) is 0 Å². The second-order valence-electron chi connectivity index (χ2n) is 5.12. The number of benzene rings is 1. The summed E-state index contributed by atoms with van der Waals surface area (Å²) in [6.07, 6.45) is 2.01. The molecule has 0 unspecified atom stereocenters. The normalized spacial score (nSPS) is 22.8. The molecule has 2 atom stereocenters. The highest BCUT2D eigenvalue weighted by molar-refractivity contribution is 5.42. The summed E-state index contributed by atoms with van der Waals surface area (Å²) in [6.45, 7) is 5.36. The van der Waals surface area contributed by atoms with Gasteiger partial charge in [-0.25, -0.2) is 0 Å². The van der Waals surface area contributed by atoms with E-state index < -0.39 is 0 Å². The lowest BCUT2D eigenvalue weighted by Gasteiger charge is -2.31. The van der Waals surface area contributed by atoms with Gasteiger partial charge in [-0.1, -0.05) is 24.3 Å². The Hall–Kier alpha value is -1.61. The van der Waals surface area contributed by atoms with Gasteiger partial charge in [0.25, 0.3) is 0 Å². The molecule has 0 amide bonds. The van der Waals surface area contributed by atoms with Crippen LogP contribution in [0.1, 0.15) is 41.3 Å². The summed E-state index contributed by atoms with van der Waals surface area (Å²) >= 11 is 0. The van der Waals surface area contributed by atoms with Crippen LogP contribution in [0.5, 0.6) is 0 Å². The second-order valence-corrected chi connectivity index (χ2v) is 5.12. The Kier molecular flexibility index (Phi) is 2.71. The maximum atomic E-state index is 4.37. The first-order chi connectivity index (χ1) is 8.68. The van der Waals surface area contributed by atoms with Crippen LogP contribution in [0.2, 0.25) is 0 Å². The van der Waals surface area contributed by atoms with Crippen LogP contribution in [0.25, 0.3) is 0 Å². The van der Waals surface area contributed by atoms with Gasteiger partial charge in [0.05, 0.1) is 6.20 Å². The zero-order valence-corrected chi connectivity index (χ0v) is 11.1. The van der Waals surface area contributed by atoms with E-state index in [1.165, 1.54) is 22.4 Å². The Morgan fingerprint density at radius 3 is 2.61 bits per heavy atom. The minimum absolute atomic E-state index is 0.422. The van der Waals surface area contributed by atoms with Gasteiger partial charge in [-0.15, -0.1) is 0 Å².